The first-order chi connectivity index (χ1) is 15.1. The largest absolute Gasteiger partial charge is 0.433 e. The third-order valence-electron chi connectivity index (χ3n) is 7.09. The second-order valence-electron chi connectivity index (χ2n) is 9.22. The van der Waals surface area contributed by atoms with E-state index < -0.39 is 17.8 Å². The molecule has 2 bridgehead atoms. The minimum atomic E-state index is -4.66. The molecule has 2 saturated carbocycles. The Labute approximate surface area is 183 Å². The average Bonchev–Trinajstić information content (AvgIpc) is 3.49. The summed E-state index contributed by atoms with van der Waals surface area (Å²) in [4.78, 5) is 17.5. The highest BCUT2D eigenvalue weighted by molar-refractivity contribution is 6.00. The normalized spacial score (nSPS) is 23.8. The summed E-state index contributed by atoms with van der Waals surface area (Å²) in [5.74, 6) is 1.32. The van der Waals surface area contributed by atoms with Crippen molar-refractivity contribution in [3.8, 4) is 11.3 Å². The molecule has 32 heavy (non-hydrogen) atoms. The third-order valence-corrected chi connectivity index (χ3v) is 7.09. The fourth-order valence-corrected chi connectivity index (χ4v) is 5.61. The molecule has 0 spiro atoms. The number of aromatic nitrogens is 5. The van der Waals surface area contributed by atoms with Crippen molar-refractivity contribution in [2.75, 3.05) is 0 Å². The van der Waals surface area contributed by atoms with E-state index in [1.54, 1.807) is 20.2 Å². The monoisotopic (exact) mass is 446 g/mol. The van der Waals surface area contributed by atoms with Crippen LogP contribution in [-0.4, -0.2) is 36.3 Å². The van der Waals surface area contributed by atoms with Crippen LogP contribution >= 0.6 is 0 Å². The van der Waals surface area contributed by atoms with Gasteiger partial charge in [0.2, 0.25) is 0 Å². The fraction of sp³-hybridized carbons (Fsp3) is 0.545. The van der Waals surface area contributed by atoms with E-state index in [1.807, 2.05) is 6.92 Å². The summed E-state index contributed by atoms with van der Waals surface area (Å²) in [7, 11) is 1.69. The summed E-state index contributed by atoms with van der Waals surface area (Å²) < 4.78 is 43.7. The van der Waals surface area contributed by atoms with Gasteiger partial charge in [-0.1, -0.05) is 6.42 Å². The maximum atomic E-state index is 13.8. The first kappa shape index (κ1) is 21.0. The van der Waals surface area contributed by atoms with Gasteiger partial charge in [0.15, 0.2) is 11.3 Å². The zero-order chi connectivity index (χ0) is 22.8. The molecule has 5 rings (SSSR count). The van der Waals surface area contributed by atoms with Crippen LogP contribution < -0.4 is 5.32 Å². The van der Waals surface area contributed by atoms with E-state index in [1.165, 1.54) is 30.1 Å². The van der Waals surface area contributed by atoms with Crippen molar-refractivity contribution in [1.82, 2.24) is 29.7 Å². The number of alkyl halides is 3. The highest BCUT2D eigenvalue weighted by Crippen LogP contribution is 2.49. The van der Waals surface area contributed by atoms with Crippen LogP contribution in [-0.2, 0) is 13.2 Å². The molecule has 0 aromatic carbocycles. The van der Waals surface area contributed by atoms with Gasteiger partial charge in [-0.2, -0.15) is 23.4 Å². The van der Waals surface area contributed by atoms with Gasteiger partial charge < -0.3 is 5.32 Å². The molecule has 0 aliphatic heterocycles. The number of nitrogens with zero attached hydrogens (tertiary/aromatic N) is 5. The van der Waals surface area contributed by atoms with E-state index in [9.17, 15) is 18.0 Å². The van der Waals surface area contributed by atoms with Gasteiger partial charge >= 0.3 is 6.18 Å². The summed E-state index contributed by atoms with van der Waals surface area (Å²) in [6.07, 6.45) is 2.88. The van der Waals surface area contributed by atoms with E-state index >= 15 is 0 Å². The lowest BCUT2D eigenvalue weighted by Crippen LogP contribution is -2.40. The number of halogens is 3. The van der Waals surface area contributed by atoms with Crippen LogP contribution in [0.3, 0.4) is 0 Å². The first-order valence-corrected chi connectivity index (χ1v) is 10.9. The van der Waals surface area contributed by atoms with Crippen molar-refractivity contribution in [2.24, 2.45) is 24.8 Å². The second-order valence-corrected chi connectivity index (χ2v) is 9.22. The van der Waals surface area contributed by atoms with Crippen molar-refractivity contribution in [2.45, 2.75) is 51.7 Å². The SMILES string of the molecule is Cc1nn(C)cc1-c1cc(C(F)(F)F)n2ncc(C(=O)NC(C)C3CC4CCC3C4)c2n1. The van der Waals surface area contributed by atoms with Crippen LogP contribution in [0.5, 0.6) is 0 Å². The lowest BCUT2D eigenvalue weighted by molar-refractivity contribution is -0.142. The van der Waals surface area contributed by atoms with Crippen molar-refractivity contribution in [3.63, 3.8) is 0 Å². The lowest BCUT2D eigenvalue weighted by atomic mass is 9.84. The Kier molecular flexibility index (Phi) is 4.79. The lowest BCUT2D eigenvalue weighted by Gasteiger charge is -2.28. The predicted molar refractivity (Wildman–Crippen MR) is 111 cm³/mol. The number of carbonyl (C=O) groups is 1. The molecule has 10 heteroatoms. The second kappa shape index (κ2) is 7.31. The maximum Gasteiger partial charge on any atom is 0.433 e. The van der Waals surface area contributed by atoms with Crippen molar-refractivity contribution >= 4 is 11.6 Å². The van der Waals surface area contributed by atoms with E-state index in [2.05, 4.69) is 20.5 Å². The van der Waals surface area contributed by atoms with Crippen LogP contribution in [0.2, 0.25) is 0 Å². The summed E-state index contributed by atoms with van der Waals surface area (Å²) in [5, 5.41) is 11.1. The molecule has 3 aromatic heterocycles. The Hall–Kier alpha value is -2.91. The Morgan fingerprint density at radius 3 is 2.66 bits per heavy atom. The van der Waals surface area contributed by atoms with Crippen LogP contribution in [0.4, 0.5) is 13.2 Å². The summed E-state index contributed by atoms with van der Waals surface area (Å²) >= 11 is 0. The first-order valence-electron chi connectivity index (χ1n) is 10.9. The van der Waals surface area contributed by atoms with Gasteiger partial charge in [-0.3, -0.25) is 9.48 Å². The highest BCUT2D eigenvalue weighted by atomic mass is 19.4. The molecule has 4 atom stereocenters. The van der Waals surface area contributed by atoms with Gasteiger partial charge in [-0.25, -0.2) is 9.50 Å². The zero-order valence-corrected chi connectivity index (χ0v) is 18.1. The highest BCUT2D eigenvalue weighted by Gasteiger charge is 2.42. The van der Waals surface area contributed by atoms with Gasteiger partial charge in [0.05, 0.1) is 17.6 Å². The van der Waals surface area contributed by atoms with Gasteiger partial charge in [0, 0.05) is 24.8 Å². The number of carbonyl (C=O) groups excluding carboxylic acids is 1. The number of hydrogen-bond donors (Lipinski definition) is 1. The molecule has 4 unspecified atom stereocenters. The minimum Gasteiger partial charge on any atom is -0.349 e. The molecule has 2 aliphatic carbocycles. The molecular formula is C22H25F3N6O. The van der Waals surface area contributed by atoms with E-state index in [0.29, 0.717) is 27.6 Å². The van der Waals surface area contributed by atoms with E-state index in [4.69, 9.17) is 0 Å². The molecule has 3 heterocycles. The van der Waals surface area contributed by atoms with Gasteiger partial charge in [0.1, 0.15) is 5.56 Å². The van der Waals surface area contributed by atoms with E-state index in [-0.39, 0.29) is 22.9 Å². The van der Waals surface area contributed by atoms with Crippen LogP contribution in [0.15, 0.2) is 18.5 Å². The number of nitrogens with one attached hydrogen (secondary N) is 1. The molecule has 7 nitrogen and oxygen atoms in total. The van der Waals surface area contributed by atoms with Gasteiger partial charge in [-0.05, 0) is 56.9 Å². The number of fused-ring (bicyclic) bond motifs is 3. The predicted octanol–water partition coefficient (Wildman–Crippen LogP) is 4.01. The molecule has 2 aliphatic rings. The minimum absolute atomic E-state index is 0.0360. The average molecular weight is 446 g/mol. The zero-order valence-electron chi connectivity index (χ0n) is 18.1. The summed E-state index contributed by atoms with van der Waals surface area (Å²) in [5.41, 5.74) is 0.0630. The van der Waals surface area contributed by atoms with Crippen LogP contribution in [0.25, 0.3) is 16.9 Å². The van der Waals surface area contributed by atoms with Crippen LogP contribution in [0, 0.1) is 24.7 Å². The Morgan fingerprint density at radius 2 is 2.06 bits per heavy atom. The Morgan fingerprint density at radius 1 is 1.28 bits per heavy atom. The Bertz CT molecular complexity index is 1200. The molecular weight excluding hydrogens is 421 g/mol. The smallest absolute Gasteiger partial charge is 0.349 e. The standard InChI is InChI=1S/C22H25F3N6O/c1-11(15-7-13-4-5-14(15)6-13)27-21(32)16-9-26-31-19(22(23,24)25)8-18(28-20(16)31)17-10-30(3)29-12(17)2/h8-11,13-15H,4-7H2,1-3H3,(H,27,32). The fourth-order valence-electron chi connectivity index (χ4n) is 5.61. The molecule has 0 saturated heterocycles. The number of rotatable bonds is 4. The third kappa shape index (κ3) is 3.45. The topological polar surface area (TPSA) is 77.1 Å². The summed E-state index contributed by atoms with van der Waals surface area (Å²) in [6, 6.07) is 0.891. The van der Waals surface area contributed by atoms with Gasteiger partial charge in [-0.15, -0.1) is 0 Å². The van der Waals surface area contributed by atoms with Gasteiger partial charge in [0.25, 0.3) is 5.91 Å². The molecule has 2 fully saturated rings. The molecule has 170 valence electrons. The maximum absolute atomic E-state index is 13.8. The molecule has 3 aromatic rings. The van der Waals surface area contributed by atoms with Crippen molar-refractivity contribution < 1.29 is 18.0 Å². The molecule has 1 N–H and O–H groups in total. The molecule has 1 amide bonds. The Balaban J connectivity index is 1.53. The number of amides is 1. The number of hydrogen-bond acceptors (Lipinski definition) is 4. The van der Waals surface area contributed by atoms with Crippen molar-refractivity contribution in [3.05, 3.63) is 35.4 Å². The van der Waals surface area contributed by atoms with Crippen molar-refractivity contribution in [1.29, 1.82) is 0 Å². The quantitative estimate of drug-likeness (QED) is 0.657. The number of aryl methyl sites for hydroxylation is 2. The summed E-state index contributed by atoms with van der Waals surface area (Å²) in [6.45, 7) is 3.68. The van der Waals surface area contributed by atoms with E-state index in [0.717, 1.165) is 18.4 Å². The molecule has 0 radical (unpaired) electrons. The van der Waals surface area contributed by atoms with Crippen LogP contribution in [0.1, 0.15) is 54.4 Å².